The van der Waals surface area contributed by atoms with E-state index in [4.69, 9.17) is 11.6 Å². The van der Waals surface area contributed by atoms with Crippen molar-refractivity contribution in [3.05, 3.63) is 39.9 Å². The van der Waals surface area contributed by atoms with E-state index in [-0.39, 0.29) is 5.56 Å². The lowest BCUT2D eigenvalue weighted by atomic mass is 10.2. The van der Waals surface area contributed by atoms with Gasteiger partial charge in [0, 0.05) is 17.0 Å². The van der Waals surface area contributed by atoms with Crippen LogP contribution in [0.1, 0.15) is 19.3 Å². The van der Waals surface area contributed by atoms with Crippen LogP contribution in [0.2, 0.25) is 5.02 Å². The molecule has 3 heterocycles. The number of fused-ring (bicyclic) bond motifs is 3. The summed E-state index contributed by atoms with van der Waals surface area (Å²) in [5.74, 6) is 0. The fraction of sp³-hybridized carbons (Fsp3) is 0.412. The Kier molecular flexibility index (Phi) is 3.83. The number of rotatable bonds is 4. The average molecular weight is 332 g/mol. The lowest BCUT2D eigenvalue weighted by molar-refractivity contribution is -0.352. The molecule has 120 valence electrons. The van der Waals surface area contributed by atoms with E-state index >= 15 is 0 Å². The zero-order chi connectivity index (χ0) is 15.8. The van der Waals surface area contributed by atoms with Crippen molar-refractivity contribution < 1.29 is 4.98 Å². The van der Waals surface area contributed by atoms with E-state index in [1.807, 2.05) is 18.2 Å². The molecule has 2 aromatic heterocycles. The lowest BCUT2D eigenvalue weighted by Gasteiger charge is -2.12. The molecule has 23 heavy (non-hydrogen) atoms. The molecule has 0 saturated carbocycles. The summed E-state index contributed by atoms with van der Waals surface area (Å²) in [7, 11) is 0. The van der Waals surface area contributed by atoms with Crippen LogP contribution in [0.4, 0.5) is 0 Å². The van der Waals surface area contributed by atoms with Crippen LogP contribution in [0.15, 0.2) is 29.3 Å². The fourth-order valence-corrected chi connectivity index (χ4v) is 3.63. The second-order valence-electron chi connectivity index (χ2n) is 6.24. The van der Waals surface area contributed by atoms with E-state index in [2.05, 4.69) is 14.9 Å². The van der Waals surface area contributed by atoms with Crippen molar-refractivity contribution in [2.24, 2.45) is 0 Å². The van der Waals surface area contributed by atoms with Crippen LogP contribution in [0, 0.1) is 0 Å². The highest BCUT2D eigenvalue weighted by atomic mass is 35.5. The van der Waals surface area contributed by atoms with Gasteiger partial charge < -0.3 is 9.88 Å². The zero-order valence-electron chi connectivity index (χ0n) is 12.9. The third-order valence-corrected chi connectivity index (χ3v) is 4.91. The number of aryl methyl sites for hydroxylation is 1. The molecular weight excluding hydrogens is 312 g/mol. The predicted octanol–water partition coefficient (Wildman–Crippen LogP) is 2.44. The van der Waals surface area contributed by atoms with Gasteiger partial charge in [-0.2, -0.15) is 4.57 Å². The SMILES string of the molecule is O=c1c2[nH]c3ccc(Cl)cc3c2[nH+]cn1CCCN1CCCC1. The van der Waals surface area contributed by atoms with Gasteiger partial charge in [0.15, 0.2) is 11.0 Å². The third-order valence-electron chi connectivity index (χ3n) is 4.67. The Labute approximate surface area is 138 Å². The Morgan fingerprint density at radius 2 is 2.04 bits per heavy atom. The zero-order valence-corrected chi connectivity index (χ0v) is 13.7. The summed E-state index contributed by atoms with van der Waals surface area (Å²) in [5, 5.41) is 1.62. The van der Waals surface area contributed by atoms with Crippen LogP contribution < -0.4 is 10.5 Å². The minimum Gasteiger partial charge on any atom is -0.345 e. The molecule has 0 spiro atoms. The Hall–Kier alpha value is -1.85. The van der Waals surface area contributed by atoms with Crippen molar-refractivity contribution in [3.8, 4) is 0 Å². The van der Waals surface area contributed by atoms with Gasteiger partial charge in [0.1, 0.15) is 0 Å². The van der Waals surface area contributed by atoms with Crippen LogP contribution in [-0.4, -0.2) is 34.1 Å². The van der Waals surface area contributed by atoms with Crippen molar-refractivity contribution >= 4 is 33.5 Å². The number of aromatic nitrogens is 3. The molecule has 0 atom stereocenters. The molecule has 0 radical (unpaired) electrons. The molecule has 1 fully saturated rings. The summed E-state index contributed by atoms with van der Waals surface area (Å²) in [5.41, 5.74) is 2.38. The monoisotopic (exact) mass is 331 g/mol. The topological polar surface area (TPSA) is 55.2 Å². The molecule has 2 N–H and O–H groups in total. The molecule has 0 amide bonds. The first kappa shape index (κ1) is 14.7. The summed E-state index contributed by atoms with van der Waals surface area (Å²) in [6.45, 7) is 4.19. The number of benzene rings is 1. The van der Waals surface area contributed by atoms with E-state index in [0.29, 0.717) is 10.5 Å². The highest BCUT2D eigenvalue weighted by Gasteiger charge is 2.16. The molecule has 5 nitrogen and oxygen atoms in total. The molecule has 4 rings (SSSR count). The Morgan fingerprint density at radius 3 is 2.87 bits per heavy atom. The van der Waals surface area contributed by atoms with Crippen LogP contribution >= 0.6 is 11.6 Å². The van der Waals surface area contributed by atoms with Crippen molar-refractivity contribution in [2.45, 2.75) is 25.8 Å². The predicted molar refractivity (Wildman–Crippen MR) is 91.9 cm³/mol. The molecule has 6 heteroatoms. The Balaban J connectivity index is 1.62. The van der Waals surface area contributed by atoms with Gasteiger partial charge in [-0.1, -0.05) is 11.6 Å². The van der Waals surface area contributed by atoms with Gasteiger partial charge in [-0.25, -0.2) is 9.78 Å². The molecule has 1 aliphatic rings. The maximum atomic E-state index is 12.7. The minimum absolute atomic E-state index is 0.0208. The number of hydrogen-bond acceptors (Lipinski definition) is 2. The average Bonchev–Trinajstić information content (AvgIpc) is 3.17. The number of nitrogens with zero attached hydrogens (tertiary/aromatic N) is 2. The molecule has 3 aromatic rings. The smallest absolute Gasteiger partial charge is 0.345 e. The number of H-pyrrole nitrogens is 2. The summed E-state index contributed by atoms with van der Waals surface area (Å²) in [6.07, 6.45) is 5.38. The molecule has 0 bridgehead atoms. The molecule has 1 aromatic carbocycles. The van der Waals surface area contributed by atoms with Crippen molar-refractivity contribution in [2.75, 3.05) is 19.6 Å². The highest BCUT2D eigenvalue weighted by molar-refractivity contribution is 6.31. The van der Waals surface area contributed by atoms with E-state index in [1.54, 1.807) is 10.9 Å². The van der Waals surface area contributed by atoms with Gasteiger partial charge in [-0.05, 0) is 50.6 Å². The number of likely N-dealkylation sites (tertiary alicyclic amines) is 1. The highest BCUT2D eigenvalue weighted by Crippen LogP contribution is 2.23. The Bertz CT molecular complexity index is 908. The second-order valence-corrected chi connectivity index (χ2v) is 6.68. The first-order chi connectivity index (χ1) is 11.2. The quantitative estimate of drug-likeness (QED) is 0.798. The maximum Gasteiger partial charge on any atom is 0.361 e. The first-order valence-corrected chi connectivity index (χ1v) is 8.54. The molecule has 1 saturated heterocycles. The van der Waals surface area contributed by atoms with Gasteiger partial charge in [0.25, 0.3) is 0 Å². The second kappa shape index (κ2) is 5.98. The Morgan fingerprint density at radius 1 is 1.22 bits per heavy atom. The van der Waals surface area contributed by atoms with Gasteiger partial charge in [-0.3, -0.25) is 0 Å². The van der Waals surface area contributed by atoms with Crippen LogP contribution in [-0.2, 0) is 6.54 Å². The number of halogens is 1. The summed E-state index contributed by atoms with van der Waals surface area (Å²) in [6, 6.07) is 5.61. The van der Waals surface area contributed by atoms with E-state index < -0.39 is 0 Å². The number of aromatic amines is 2. The minimum atomic E-state index is 0.0208. The number of nitrogens with one attached hydrogen (secondary N) is 2. The van der Waals surface area contributed by atoms with Crippen LogP contribution in [0.3, 0.4) is 0 Å². The van der Waals surface area contributed by atoms with E-state index in [9.17, 15) is 4.79 Å². The summed E-state index contributed by atoms with van der Waals surface area (Å²) in [4.78, 5) is 21.6. The van der Waals surface area contributed by atoms with Crippen molar-refractivity contribution in [1.29, 1.82) is 0 Å². The largest absolute Gasteiger partial charge is 0.361 e. The summed E-state index contributed by atoms with van der Waals surface area (Å²) < 4.78 is 1.76. The van der Waals surface area contributed by atoms with Crippen LogP contribution in [0.5, 0.6) is 0 Å². The van der Waals surface area contributed by atoms with Crippen LogP contribution in [0.25, 0.3) is 21.9 Å². The molecule has 0 unspecified atom stereocenters. The number of hydrogen-bond donors (Lipinski definition) is 1. The first-order valence-electron chi connectivity index (χ1n) is 8.17. The van der Waals surface area contributed by atoms with E-state index in [0.717, 1.165) is 35.9 Å². The summed E-state index contributed by atoms with van der Waals surface area (Å²) >= 11 is 6.06. The molecular formula is C17H20ClN4O+. The van der Waals surface area contributed by atoms with Gasteiger partial charge in [-0.15, -0.1) is 0 Å². The lowest BCUT2D eigenvalue weighted by Crippen LogP contribution is -2.28. The standard InChI is InChI=1S/C17H19ClN4O/c18-12-4-5-14-13(10-12)15-16(20-14)17(23)22(11-19-15)9-3-8-21-6-1-2-7-21/h4-5,10-11,20H,1-3,6-9H2/p+1. The van der Waals surface area contributed by atoms with E-state index in [1.165, 1.54) is 25.9 Å². The van der Waals surface area contributed by atoms with Gasteiger partial charge in [0.05, 0.1) is 12.1 Å². The fourth-order valence-electron chi connectivity index (χ4n) is 3.46. The maximum absolute atomic E-state index is 12.7. The van der Waals surface area contributed by atoms with Crippen molar-refractivity contribution in [1.82, 2.24) is 14.5 Å². The van der Waals surface area contributed by atoms with Gasteiger partial charge in [0.2, 0.25) is 6.33 Å². The normalized spacial score (nSPS) is 15.9. The molecule has 1 aliphatic heterocycles. The van der Waals surface area contributed by atoms with Crippen molar-refractivity contribution in [3.63, 3.8) is 0 Å². The van der Waals surface area contributed by atoms with Gasteiger partial charge >= 0.3 is 5.56 Å². The third kappa shape index (κ3) is 2.75. The molecule has 0 aliphatic carbocycles.